The lowest BCUT2D eigenvalue weighted by Gasteiger charge is -2.34. The van der Waals surface area contributed by atoms with Crippen molar-refractivity contribution in [3.05, 3.63) is 34.7 Å². The molecule has 3 aromatic rings. The minimum atomic E-state index is -0.896. The minimum absolute atomic E-state index is 0.00261. The Kier molecular flexibility index (Phi) is 7.95. The lowest BCUT2D eigenvalue weighted by Crippen LogP contribution is -2.43. The molecule has 0 spiro atoms. The van der Waals surface area contributed by atoms with Gasteiger partial charge in [-0.15, -0.1) is 0 Å². The summed E-state index contributed by atoms with van der Waals surface area (Å²) in [5.74, 6) is 0.0493. The molecular weight excluding hydrogens is 590 g/mol. The molecule has 2 N–H and O–H groups in total. The highest BCUT2D eigenvalue weighted by molar-refractivity contribution is 6.32. The first-order valence-electron chi connectivity index (χ1n) is 15.7. The highest BCUT2D eigenvalue weighted by atomic mass is 35.5. The Hall–Kier alpha value is -3.31. The Morgan fingerprint density at radius 2 is 2.02 bits per heavy atom. The zero-order chi connectivity index (χ0) is 30.4. The van der Waals surface area contributed by atoms with E-state index in [0.717, 1.165) is 45.2 Å². The fourth-order valence-corrected chi connectivity index (χ4v) is 7.98. The number of hydrogen-bond acceptors (Lipinski definition) is 8. The maximum Gasteiger partial charge on any atom is 0.319 e. The number of piperidine rings is 1. The van der Waals surface area contributed by atoms with E-state index in [9.17, 15) is 14.3 Å². The third kappa shape index (κ3) is 5.53. The quantitative estimate of drug-likeness (QED) is 0.409. The van der Waals surface area contributed by atoms with Gasteiger partial charge in [-0.1, -0.05) is 11.6 Å². The molecule has 0 saturated carbocycles. The molecule has 0 aliphatic carbocycles. The molecule has 2 aromatic heterocycles. The van der Waals surface area contributed by atoms with Crippen LogP contribution in [0.15, 0.2) is 18.3 Å². The molecule has 8 rings (SSSR count). The van der Waals surface area contributed by atoms with Gasteiger partial charge in [0.1, 0.15) is 35.6 Å². The Bertz CT molecular complexity index is 1590. The van der Waals surface area contributed by atoms with Gasteiger partial charge in [-0.3, -0.25) is 14.7 Å². The maximum absolute atomic E-state index is 16.7. The number of benzene rings is 1. The van der Waals surface area contributed by atoms with E-state index in [-0.39, 0.29) is 40.5 Å². The van der Waals surface area contributed by atoms with Gasteiger partial charge in [0.15, 0.2) is 5.82 Å². The van der Waals surface area contributed by atoms with Crippen LogP contribution < -0.4 is 15.0 Å². The summed E-state index contributed by atoms with van der Waals surface area (Å²) in [7, 11) is 0. The number of amides is 1. The summed E-state index contributed by atoms with van der Waals surface area (Å²) in [5.41, 5.74) is 0.613. The number of phenolic OH excluding ortho intramolecular Hbond substituents is 1. The summed E-state index contributed by atoms with van der Waals surface area (Å²) >= 11 is 6.56. The summed E-state index contributed by atoms with van der Waals surface area (Å²) in [5, 5.41) is 14.2. The summed E-state index contributed by atoms with van der Waals surface area (Å²) in [6.07, 6.45) is 6.88. The molecule has 5 aliphatic rings. The topological polar surface area (TPSA) is 104 Å². The van der Waals surface area contributed by atoms with Crippen molar-refractivity contribution in [1.82, 2.24) is 25.2 Å². The zero-order valence-corrected chi connectivity index (χ0v) is 25.4. The van der Waals surface area contributed by atoms with Crippen molar-refractivity contribution in [1.29, 1.82) is 0 Å². The van der Waals surface area contributed by atoms with Crippen LogP contribution in [0.2, 0.25) is 5.02 Å². The first-order valence-corrected chi connectivity index (χ1v) is 16.1. The number of phenols is 1. The molecule has 6 bridgehead atoms. The molecule has 0 radical (unpaired) electrons. The van der Waals surface area contributed by atoms with Gasteiger partial charge in [-0.25, -0.2) is 8.78 Å². The van der Waals surface area contributed by atoms with E-state index in [2.05, 4.69) is 25.1 Å². The number of carbonyl (C=O) groups excluding carboxylic acids is 1. The number of nitrogens with one attached hydrogen (secondary N) is 1. The smallest absolute Gasteiger partial charge is 0.319 e. The van der Waals surface area contributed by atoms with Gasteiger partial charge in [0.25, 0.3) is 0 Å². The van der Waals surface area contributed by atoms with Crippen LogP contribution in [0.25, 0.3) is 22.2 Å². The van der Waals surface area contributed by atoms with Crippen LogP contribution in [0, 0.1) is 11.7 Å². The third-order valence-corrected chi connectivity index (χ3v) is 10.2. The van der Waals surface area contributed by atoms with Gasteiger partial charge >= 0.3 is 6.01 Å². The normalized spacial score (nSPS) is 26.1. The Morgan fingerprint density at radius 3 is 2.91 bits per heavy atom. The Balaban J connectivity index is 1.34. The first kappa shape index (κ1) is 29.4. The highest BCUT2D eigenvalue weighted by Gasteiger charge is 2.49. The Morgan fingerprint density at radius 1 is 1.14 bits per heavy atom. The van der Waals surface area contributed by atoms with Crippen LogP contribution in [0.4, 0.5) is 14.6 Å². The predicted octanol–water partition coefficient (Wildman–Crippen LogP) is 5.20. The number of nitrogens with zero attached hydrogens (tertiary/aromatic N) is 5. The second-order valence-electron chi connectivity index (χ2n) is 12.8. The van der Waals surface area contributed by atoms with Crippen molar-refractivity contribution < 1.29 is 23.4 Å². The second-order valence-corrected chi connectivity index (χ2v) is 13.2. The SMILES string of the molecule is O=C1CCCc2c(Cl)cc(O)cc2-c2ncc3c(nc(OCC45CCCN4CC(F)C5)nc3c2F)N2CCCC(CCN1)C2. The lowest BCUT2D eigenvalue weighted by atomic mass is 9.94. The van der Waals surface area contributed by atoms with Crippen LogP contribution in [-0.2, 0) is 11.2 Å². The van der Waals surface area contributed by atoms with E-state index in [4.69, 9.17) is 21.3 Å². The number of halogens is 3. The number of carbonyl (C=O) groups is 1. The van der Waals surface area contributed by atoms with Crippen molar-refractivity contribution in [2.45, 2.75) is 69.5 Å². The number of alkyl halides is 1. The fraction of sp³-hybridized carbons (Fsp3) is 0.562. The van der Waals surface area contributed by atoms with Gasteiger partial charge in [0.2, 0.25) is 5.91 Å². The van der Waals surface area contributed by atoms with E-state index in [1.54, 1.807) is 6.20 Å². The van der Waals surface area contributed by atoms with E-state index in [1.165, 1.54) is 12.1 Å². The van der Waals surface area contributed by atoms with Gasteiger partial charge < -0.3 is 20.1 Å². The molecule has 7 heterocycles. The number of aromatic hydroxyl groups is 1. The van der Waals surface area contributed by atoms with E-state index in [0.29, 0.717) is 73.6 Å². The number of anilines is 1. The molecular formula is C32H37ClF2N6O3. The first-order chi connectivity index (χ1) is 21.3. The predicted molar refractivity (Wildman–Crippen MR) is 163 cm³/mol. The standard InChI is InChI=1S/C32H37ClF2N6O3/c33-25-13-21(42)12-23-22(25)5-1-6-26(43)36-9-7-19-4-2-10-40(16-19)30-24-15-37-28(23)27(35)29(24)38-31(39-30)44-18-32-8-3-11-41(32)17-20(34)14-32/h12-13,15,19-20,42H,1-11,14,16-18H2,(H,36,43). The summed E-state index contributed by atoms with van der Waals surface area (Å²) < 4.78 is 37.3. The molecule has 5 aliphatic heterocycles. The molecule has 12 heteroatoms. The number of fused-ring (bicyclic) bond motifs is 8. The molecule has 44 heavy (non-hydrogen) atoms. The van der Waals surface area contributed by atoms with Gasteiger partial charge in [-0.05, 0) is 75.1 Å². The molecule has 3 saturated heterocycles. The van der Waals surface area contributed by atoms with E-state index >= 15 is 4.39 Å². The van der Waals surface area contributed by atoms with Crippen LogP contribution in [-0.4, -0.2) is 81.9 Å². The molecule has 1 amide bonds. The summed E-state index contributed by atoms with van der Waals surface area (Å²) in [6, 6.07) is 2.91. The van der Waals surface area contributed by atoms with Crippen LogP contribution in [0.3, 0.4) is 0 Å². The minimum Gasteiger partial charge on any atom is -0.508 e. The highest BCUT2D eigenvalue weighted by Crippen LogP contribution is 2.42. The maximum atomic E-state index is 16.7. The van der Waals surface area contributed by atoms with Crippen LogP contribution in [0.1, 0.15) is 56.9 Å². The number of hydrogen-bond donors (Lipinski definition) is 2. The van der Waals surface area contributed by atoms with Crippen molar-refractivity contribution in [2.24, 2.45) is 5.92 Å². The second kappa shape index (κ2) is 11.9. The molecule has 1 aromatic carbocycles. The number of ether oxygens (including phenoxy) is 1. The van der Waals surface area contributed by atoms with E-state index in [1.807, 2.05) is 0 Å². The van der Waals surface area contributed by atoms with Crippen molar-refractivity contribution >= 4 is 34.2 Å². The van der Waals surface area contributed by atoms with Crippen molar-refractivity contribution in [2.75, 3.05) is 44.2 Å². The van der Waals surface area contributed by atoms with Crippen LogP contribution >= 0.6 is 11.6 Å². The van der Waals surface area contributed by atoms with Gasteiger partial charge in [0, 0.05) is 55.8 Å². The average molecular weight is 627 g/mol. The molecule has 3 fully saturated rings. The van der Waals surface area contributed by atoms with Gasteiger partial charge in [0.05, 0.1) is 10.9 Å². The molecule has 9 nitrogen and oxygen atoms in total. The lowest BCUT2D eigenvalue weighted by molar-refractivity contribution is -0.121. The molecule has 3 unspecified atom stereocenters. The zero-order valence-electron chi connectivity index (χ0n) is 24.6. The van der Waals surface area contributed by atoms with E-state index < -0.39 is 17.5 Å². The number of rotatable bonds is 3. The largest absolute Gasteiger partial charge is 0.508 e. The Labute approximate surface area is 260 Å². The number of aromatic nitrogens is 3. The fourth-order valence-electron chi connectivity index (χ4n) is 7.67. The van der Waals surface area contributed by atoms with Crippen molar-refractivity contribution in [3.63, 3.8) is 0 Å². The summed E-state index contributed by atoms with van der Waals surface area (Å²) in [4.78, 5) is 30.8. The monoisotopic (exact) mass is 626 g/mol. The molecule has 234 valence electrons. The average Bonchev–Trinajstić information content (AvgIpc) is 3.52. The molecule has 3 atom stereocenters. The van der Waals surface area contributed by atoms with Gasteiger partial charge in [-0.2, -0.15) is 9.97 Å². The number of pyridine rings is 1. The van der Waals surface area contributed by atoms with Crippen molar-refractivity contribution in [3.8, 4) is 23.0 Å². The van der Waals surface area contributed by atoms with Crippen LogP contribution in [0.5, 0.6) is 11.8 Å². The third-order valence-electron chi connectivity index (χ3n) is 9.83. The summed E-state index contributed by atoms with van der Waals surface area (Å²) in [6.45, 7) is 3.47.